The predicted molar refractivity (Wildman–Crippen MR) is 105 cm³/mol. The molecule has 1 aliphatic carbocycles. The van der Waals surface area contributed by atoms with E-state index in [9.17, 15) is 23.1 Å². The Morgan fingerprint density at radius 2 is 1.71 bits per heavy atom. The maximum absolute atomic E-state index is 12.9. The summed E-state index contributed by atoms with van der Waals surface area (Å²) in [6.07, 6.45) is 4.00. The van der Waals surface area contributed by atoms with Gasteiger partial charge >= 0.3 is 0 Å². The molecule has 150 valence electrons. The van der Waals surface area contributed by atoms with Crippen LogP contribution in [0.1, 0.15) is 44.9 Å². The summed E-state index contributed by atoms with van der Waals surface area (Å²) in [5.41, 5.74) is -0.381. The van der Waals surface area contributed by atoms with Gasteiger partial charge < -0.3 is 15.2 Å². The summed E-state index contributed by atoms with van der Waals surface area (Å²) in [7, 11) is -3.75. The van der Waals surface area contributed by atoms with Gasteiger partial charge in [0.2, 0.25) is 15.7 Å². The highest BCUT2D eigenvalue weighted by Gasteiger charge is 2.35. The highest BCUT2D eigenvalue weighted by atomic mass is 32.2. The molecule has 3 rings (SSSR count). The second kappa shape index (κ2) is 8.45. The van der Waals surface area contributed by atoms with Crippen LogP contribution in [0.4, 0.5) is 5.69 Å². The Morgan fingerprint density at radius 1 is 1.04 bits per heavy atom. The van der Waals surface area contributed by atoms with E-state index in [1.807, 2.05) is 0 Å². The Labute approximate surface area is 168 Å². The maximum Gasteiger partial charge on any atom is 0.224 e. The van der Waals surface area contributed by atoms with Gasteiger partial charge in [-0.2, -0.15) is 0 Å². The van der Waals surface area contributed by atoms with Gasteiger partial charge in [-0.1, -0.05) is 37.5 Å². The summed E-state index contributed by atoms with van der Waals surface area (Å²) >= 11 is 1.19. The average molecular weight is 421 g/mol. The molecule has 1 N–H and O–H groups in total. The molecule has 1 saturated carbocycles. The molecule has 0 bridgehead atoms. The molecular formula is C20H22NO5S2-. The second-order valence-corrected chi connectivity index (χ2v) is 9.96. The van der Waals surface area contributed by atoms with Crippen LogP contribution in [0.3, 0.4) is 0 Å². The number of carboxylic acids is 1. The summed E-state index contributed by atoms with van der Waals surface area (Å²) < 4.78 is 25.7. The summed E-state index contributed by atoms with van der Waals surface area (Å²) in [5, 5.41) is 17.0. The molecule has 1 fully saturated rings. The quantitative estimate of drug-likeness (QED) is 0.742. The number of amides is 1. The zero-order valence-electron chi connectivity index (χ0n) is 15.3. The van der Waals surface area contributed by atoms with E-state index in [2.05, 4.69) is 5.32 Å². The van der Waals surface area contributed by atoms with Gasteiger partial charge in [-0.15, -0.1) is 11.3 Å². The molecule has 6 nitrogen and oxygen atoms in total. The van der Waals surface area contributed by atoms with Gasteiger partial charge in [0.05, 0.1) is 10.6 Å². The van der Waals surface area contributed by atoms with Gasteiger partial charge in [0, 0.05) is 23.2 Å². The Kier molecular flexibility index (Phi) is 6.20. The summed E-state index contributed by atoms with van der Waals surface area (Å²) in [4.78, 5) is 24.1. The van der Waals surface area contributed by atoms with Crippen LogP contribution in [-0.4, -0.2) is 20.3 Å². The zero-order chi connectivity index (χ0) is 20.2. The molecule has 1 heterocycles. The van der Waals surface area contributed by atoms with E-state index in [1.165, 1.54) is 28.8 Å². The third-order valence-electron chi connectivity index (χ3n) is 5.21. The van der Waals surface area contributed by atoms with Crippen molar-refractivity contribution >= 4 is 38.7 Å². The molecule has 0 atom stereocenters. The molecule has 0 radical (unpaired) electrons. The predicted octanol–water partition coefficient (Wildman–Crippen LogP) is 3.00. The second-order valence-electron chi connectivity index (χ2n) is 7.30. The van der Waals surface area contributed by atoms with Crippen molar-refractivity contribution in [2.24, 2.45) is 5.41 Å². The lowest BCUT2D eigenvalue weighted by molar-refractivity contribution is -0.308. The van der Waals surface area contributed by atoms with Gasteiger partial charge in [0.15, 0.2) is 0 Å². The highest BCUT2D eigenvalue weighted by molar-refractivity contribution is 7.91. The molecule has 1 amide bonds. The lowest BCUT2D eigenvalue weighted by Gasteiger charge is -2.37. The topological polar surface area (TPSA) is 103 Å². The lowest BCUT2D eigenvalue weighted by Crippen LogP contribution is -2.36. The number of sulfone groups is 1. The molecule has 1 aliphatic rings. The molecule has 2 aromatic rings. The fourth-order valence-corrected chi connectivity index (χ4v) is 6.43. The number of hydrogen-bond donors (Lipinski definition) is 1. The van der Waals surface area contributed by atoms with E-state index >= 15 is 0 Å². The highest BCUT2D eigenvalue weighted by Crippen LogP contribution is 2.42. The van der Waals surface area contributed by atoms with Crippen molar-refractivity contribution in [3.8, 4) is 0 Å². The van der Waals surface area contributed by atoms with Crippen molar-refractivity contribution < 1.29 is 23.1 Å². The zero-order valence-corrected chi connectivity index (χ0v) is 17.0. The minimum atomic E-state index is -3.75. The number of aliphatic carboxylic acids is 1. The normalized spacial score (nSPS) is 16.4. The van der Waals surface area contributed by atoms with Crippen molar-refractivity contribution in [1.29, 1.82) is 0 Å². The number of carbonyl (C=O) groups excluding carboxylic acids is 2. The van der Waals surface area contributed by atoms with E-state index in [-0.39, 0.29) is 34.2 Å². The van der Waals surface area contributed by atoms with Crippen molar-refractivity contribution in [3.63, 3.8) is 0 Å². The Bertz CT molecular complexity index is 944. The number of thiophene rings is 1. The first kappa shape index (κ1) is 20.5. The molecule has 1 aromatic heterocycles. The van der Waals surface area contributed by atoms with Crippen LogP contribution in [0.5, 0.6) is 0 Å². The van der Waals surface area contributed by atoms with Crippen LogP contribution in [-0.2, 0) is 19.4 Å². The third-order valence-corrected chi connectivity index (χ3v) is 7.91. The number of anilines is 1. The standard InChI is InChI=1S/C20H23NO5S2/c22-18(11-20(12-19(23)24)9-5-2-6-10-20)21-16-13-27-14-17(16)28(25,26)15-7-3-1-4-8-15/h1,3-4,7-8,13-14H,2,5-6,9-12H2,(H,21,22)(H,23,24)/p-1. The molecule has 28 heavy (non-hydrogen) atoms. The molecule has 0 saturated heterocycles. The minimum absolute atomic E-state index is 0.0433. The fraction of sp³-hybridized carbons (Fsp3) is 0.400. The Balaban J connectivity index is 1.79. The molecule has 1 aromatic carbocycles. The first-order chi connectivity index (χ1) is 13.3. The van der Waals surface area contributed by atoms with Crippen LogP contribution in [0, 0.1) is 5.41 Å². The lowest BCUT2D eigenvalue weighted by atomic mass is 9.69. The number of carboxylic acid groups (broad SMARTS) is 1. The average Bonchev–Trinajstić information content (AvgIpc) is 3.11. The molecule has 0 unspecified atom stereocenters. The number of rotatable bonds is 7. The Hall–Kier alpha value is -2.19. The monoisotopic (exact) mass is 420 g/mol. The first-order valence-corrected chi connectivity index (χ1v) is 11.6. The van der Waals surface area contributed by atoms with Crippen molar-refractivity contribution in [2.45, 2.75) is 54.7 Å². The summed E-state index contributed by atoms with van der Waals surface area (Å²) in [6, 6.07) is 8.04. The summed E-state index contributed by atoms with van der Waals surface area (Å²) in [5.74, 6) is -1.52. The van der Waals surface area contributed by atoms with Gasteiger partial charge in [-0.25, -0.2) is 8.42 Å². The summed E-state index contributed by atoms with van der Waals surface area (Å²) in [6.45, 7) is 0. The van der Waals surface area contributed by atoms with Gasteiger partial charge in [-0.05, 0) is 36.8 Å². The van der Waals surface area contributed by atoms with Gasteiger partial charge in [-0.3, -0.25) is 4.79 Å². The van der Waals surface area contributed by atoms with Crippen molar-refractivity contribution in [3.05, 3.63) is 41.1 Å². The number of carbonyl (C=O) groups is 2. The van der Waals surface area contributed by atoms with Crippen molar-refractivity contribution in [2.75, 3.05) is 5.32 Å². The SMILES string of the molecule is O=C([O-])CC1(CC(=O)Nc2cscc2S(=O)(=O)c2ccccc2)CCCCC1. The number of benzene rings is 1. The van der Waals surface area contributed by atoms with Crippen LogP contribution in [0.15, 0.2) is 50.9 Å². The van der Waals surface area contributed by atoms with Crippen LogP contribution in [0.2, 0.25) is 0 Å². The van der Waals surface area contributed by atoms with E-state index in [0.717, 1.165) is 19.3 Å². The minimum Gasteiger partial charge on any atom is -0.550 e. The van der Waals surface area contributed by atoms with Crippen LogP contribution < -0.4 is 10.4 Å². The molecular weight excluding hydrogens is 398 g/mol. The number of hydrogen-bond acceptors (Lipinski definition) is 6. The van der Waals surface area contributed by atoms with E-state index in [1.54, 1.807) is 23.6 Å². The fourth-order valence-electron chi connectivity index (χ4n) is 3.87. The molecule has 8 heteroatoms. The first-order valence-electron chi connectivity index (χ1n) is 9.18. The smallest absolute Gasteiger partial charge is 0.224 e. The van der Waals surface area contributed by atoms with Gasteiger partial charge in [0.1, 0.15) is 4.90 Å². The van der Waals surface area contributed by atoms with Gasteiger partial charge in [0.25, 0.3) is 0 Å². The largest absolute Gasteiger partial charge is 0.550 e. The van der Waals surface area contributed by atoms with Crippen LogP contribution >= 0.6 is 11.3 Å². The van der Waals surface area contributed by atoms with E-state index < -0.39 is 21.2 Å². The molecule has 0 aliphatic heterocycles. The maximum atomic E-state index is 12.9. The van der Waals surface area contributed by atoms with E-state index in [4.69, 9.17) is 0 Å². The Morgan fingerprint density at radius 3 is 2.36 bits per heavy atom. The number of nitrogens with one attached hydrogen (secondary N) is 1. The van der Waals surface area contributed by atoms with Crippen LogP contribution in [0.25, 0.3) is 0 Å². The van der Waals surface area contributed by atoms with E-state index in [0.29, 0.717) is 12.8 Å². The third kappa shape index (κ3) is 4.62. The van der Waals surface area contributed by atoms with Crippen molar-refractivity contribution in [1.82, 2.24) is 0 Å². The molecule has 0 spiro atoms.